The van der Waals surface area contributed by atoms with Crippen LogP contribution in [-0.2, 0) is 9.59 Å². The molecule has 5 aromatic carbocycles. The van der Waals surface area contributed by atoms with E-state index in [0.717, 1.165) is 16.0 Å². The van der Waals surface area contributed by atoms with Crippen LogP contribution in [-0.4, -0.2) is 24.3 Å². The molecule has 0 aliphatic carbocycles. The number of halogens is 1. The molecule has 5 aromatic rings. The number of amides is 3. The molecule has 9 heteroatoms. The highest BCUT2D eigenvalue weighted by Crippen LogP contribution is 2.37. The minimum atomic E-state index is -0.557. The van der Waals surface area contributed by atoms with E-state index in [4.69, 9.17) is 16.3 Å². The number of carbonyl (C=O) groups is 3. The maximum absolute atomic E-state index is 13.6. The van der Waals surface area contributed by atoms with Gasteiger partial charge in [-0.05, 0) is 85.6 Å². The average molecular weight is 676 g/mol. The Hall–Kier alpha value is -5.31. The number of anilines is 2. The lowest BCUT2D eigenvalue weighted by atomic mass is 10.1. The van der Waals surface area contributed by atoms with Gasteiger partial charge in [-0.2, -0.15) is 0 Å². The summed E-state index contributed by atoms with van der Waals surface area (Å²) in [5.41, 5.74) is 3.90. The van der Waals surface area contributed by atoms with Crippen molar-refractivity contribution in [2.75, 3.05) is 17.2 Å². The highest BCUT2D eigenvalue weighted by molar-refractivity contribution is 8.00. The molecule has 0 aliphatic rings. The van der Waals surface area contributed by atoms with Gasteiger partial charge in [0.1, 0.15) is 16.7 Å². The molecule has 5 rings (SSSR count). The SMILES string of the molecule is CCOc1ccccc1/C=C(\NC(=O)c1ccccc1)C(=O)Nc1ccc(SC(C(=O)Nc2cccc(Cl)c2C)c2ccccc2)cc1. The zero-order valence-corrected chi connectivity index (χ0v) is 28.0. The normalized spacial score (nSPS) is 11.7. The topological polar surface area (TPSA) is 96.5 Å². The highest BCUT2D eigenvalue weighted by Gasteiger charge is 2.23. The smallest absolute Gasteiger partial charge is 0.272 e. The maximum atomic E-state index is 13.6. The maximum Gasteiger partial charge on any atom is 0.272 e. The Kier molecular flexibility index (Phi) is 11.7. The molecule has 3 N–H and O–H groups in total. The van der Waals surface area contributed by atoms with E-state index >= 15 is 0 Å². The van der Waals surface area contributed by atoms with Gasteiger partial charge < -0.3 is 20.7 Å². The first kappa shape index (κ1) is 34.0. The number of rotatable bonds is 12. The predicted molar refractivity (Wildman–Crippen MR) is 194 cm³/mol. The third-order valence-electron chi connectivity index (χ3n) is 7.28. The Balaban J connectivity index is 1.35. The Morgan fingerprint density at radius 3 is 2.17 bits per heavy atom. The molecule has 0 aromatic heterocycles. The molecule has 0 spiro atoms. The first-order valence-electron chi connectivity index (χ1n) is 15.3. The van der Waals surface area contributed by atoms with E-state index in [0.29, 0.717) is 39.9 Å². The fourth-order valence-electron chi connectivity index (χ4n) is 4.78. The molecule has 48 heavy (non-hydrogen) atoms. The van der Waals surface area contributed by atoms with Gasteiger partial charge >= 0.3 is 0 Å². The third kappa shape index (κ3) is 8.94. The van der Waals surface area contributed by atoms with Crippen LogP contribution in [0.3, 0.4) is 0 Å². The van der Waals surface area contributed by atoms with Crippen molar-refractivity contribution in [2.24, 2.45) is 0 Å². The molecular formula is C39H34ClN3O4S. The number of para-hydroxylation sites is 1. The molecule has 7 nitrogen and oxygen atoms in total. The lowest BCUT2D eigenvalue weighted by molar-refractivity contribution is -0.116. The van der Waals surface area contributed by atoms with Gasteiger partial charge in [0.05, 0.1) is 6.61 Å². The second kappa shape index (κ2) is 16.5. The Morgan fingerprint density at radius 2 is 1.46 bits per heavy atom. The molecule has 0 aliphatic heterocycles. The van der Waals surface area contributed by atoms with Gasteiger partial charge in [-0.1, -0.05) is 84.4 Å². The van der Waals surface area contributed by atoms with Gasteiger partial charge in [0.25, 0.3) is 11.8 Å². The first-order valence-corrected chi connectivity index (χ1v) is 16.6. The summed E-state index contributed by atoms with van der Waals surface area (Å²) in [5, 5.41) is 8.70. The van der Waals surface area contributed by atoms with Crippen LogP contribution in [0, 0.1) is 6.92 Å². The minimum absolute atomic E-state index is 0.0478. The summed E-state index contributed by atoms with van der Waals surface area (Å²) in [4.78, 5) is 41.1. The lowest BCUT2D eigenvalue weighted by Gasteiger charge is -2.18. The standard InChI is InChI=1S/C39H34ClN3O4S/c1-3-47-35-20-11-10-17-29(35)25-34(43-37(44)28-15-8-5-9-16-28)38(45)41-30-21-23-31(24-22-30)48-36(27-13-6-4-7-14-27)39(46)42-33-19-12-18-32(40)26(33)2/h4-25,36H,3H2,1-2H3,(H,41,45)(H,42,46)(H,43,44)/b34-25-. The van der Waals surface area contributed by atoms with E-state index in [2.05, 4.69) is 16.0 Å². The summed E-state index contributed by atoms with van der Waals surface area (Å²) in [6, 6.07) is 38.1. The van der Waals surface area contributed by atoms with Crippen LogP contribution in [0.4, 0.5) is 11.4 Å². The molecule has 1 atom stereocenters. The van der Waals surface area contributed by atoms with E-state index in [1.807, 2.05) is 86.6 Å². The Labute approximate surface area is 289 Å². The van der Waals surface area contributed by atoms with Crippen molar-refractivity contribution in [3.05, 3.63) is 160 Å². The van der Waals surface area contributed by atoms with Crippen LogP contribution in [0.2, 0.25) is 5.02 Å². The van der Waals surface area contributed by atoms with Crippen LogP contribution >= 0.6 is 23.4 Å². The molecule has 0 heterocycles. The van der Waals surface area contributed by atoms with Crippen molar-refractivity contribution < 1.29 is 19.1 Å². The van der Waals surface area contributed by atoms with Crippen LogP contribution in [0.15, 0.2) is 138 Å². The number of carbonyl (C=O) groups excluding carboxylic acids is 3. The van der Waals surface area contributed by atoms with Crippen molar-refractivity contribution in [2.45, 2.75) is 24.0 Å². The predicted octanol–water partition coefficient (Wildman–Crippen LogP) is 8.93. The van der Waals surface area contributed by atoms with Gasteiger partial charge in [-0.25, -0.2) is 0 Å². The molecule has 1 unspecified atom stereocenters. The van der Waals surface area contributed by atoms with Gasteiger partial charge in [-0.15, -0.1) is 11.8 Å². The largest absolute Gasteiger partial charge is 0.493 e. The van der Waals surface area contributed by atoms with Crippen LogP contribution < -0.4 is 20.7 Å². The van der Waals surface area contributed by atoms with Crippen molar-refractivity contribution in [3.63, 3.8) is 0 Å². The van der Waals surface area contributed by atoms with E-state index in [1.165, 1.54) is 11.8 Å². The van der Waals surface area contributed by atoms with Gasteiger partial charge in [0.2, 0.25) is 5.91 Å². The minimum Gasteiger partial charge on any atom is -0.493 e. The van der Waals surface area contributed by atoms with Crippen LogP contribution in [0.1, 0.15) is 39.2 Å². The van der Waals surface area contributed by atoms with Gasteiger partial charge in [0, 0.05) is 32.4 Å². The quantitative estimate of drug-likeness (QED) is 0.0907. The highest BCUT2D eigenvalue weighted by atomic mass is 35.5. The molecular weight excluding hydrogens is 642 g/mol. The zero-order chi connectivity index (χ0) is 33.9. The van der Waals surface area contributed by atoms with E-state index in [9.17, 15) is 14.4 Å². The van der Waals surface area contributed by atoms with Crippen molar-refractivity contribution in [1.82, 2.24) is 5.32 Å². The van der Waals surface area contributed by atoms with Gasteiger partial charge in [-0.3, -0.25) is 14.4 Å². The summed E-state index contributed by atoms with van der Waals surface area (Å²) < 4.78 is 5.74. The molecule has 242 valence electrons. The fraction of sp³-hybridized carbons (Fsp3) is 0.103. The van der Waals surface area contributed by atoms with Gasteiger partial charge in [0.15, 0.2) is 0 Å². The number of ether oxygens (including phenoxy) is 1. The summed E-state index contributed by atoms with van der Waals surface area (Å²) in [5.74, 6) is -0.534. The fourth-order valence-corrected chi connectivity index (χ4v) is 5.98. The summed E-state index contributed by atoms with van der Waals surface area (Å²) >= 11 is 7.68. The van der Waals surface area contributed by atoms with E-state index in [-0.39, 0.29) is 11.6 Å². The van der Waals surface area contributed by atoms with E-state index < -0.39 is 17.1 Å². The Morgan fingerprint density at radius 1 is 0.792 bits per heavy atom. The summed E-state index contributed by atoms with van der Waals surface area (Å²) in [6.07, 6.45) is 1.59. The number of thioether (sulfide) groups is 1. The van der Waals surface area contributed by atoms with Crippen LogP contribution in [0.25, 0.3) is 6.08 Å². The number of hydrogen-bond donors (Lipinski definition) is 3. The average Bonchev–Trinajstić information content (AvgIpc) is 3.11. The molecule has 0 saturated heterocycles. The first-order chi connectivity index (χ1) is 23.3. The molecule has 0 bridgehead atoms. The number of benzene rings is 5. The molecule has 0 saturated carbocycles. The summed E-state index contributed by atoms with van der Waals surface area (Å²) in [7, 11) is 0. The molecule has 3 amide bonds. The zero-order valence-electron chi connectivity index (χ0n) is 26.4. The van der Waals surface area contributed by atoms with Crippen LogP contribution in [0.5, 0.6) is 5.75 Å². The second-order valence-electron chi connectivity index (χ2n) is 10.6. The monoisotopic (exact) mass is 675 g/mol. The Bertz CT molecular complexity index is 1920. The molecule has 0 fully saturated rings. The van der Waals surface area contributed by atoms with Crippen molar-refractivity contribution >= 4 is 58.5 Å². The number of hydrogen-bond acceptors (Lipinski definition) is 5. The van der Waals surface area contributed by atoms with E-state index in [1.54, 1.807) is 60.7 Å². The lowest BCUT2D eigenvalue weighted by Crippen LogP contribution is -2.30. The summed E-state index contributed by atoms with van der Waals surface area (Å²) in [6.45, 7) is 4.18. The van der Waals surface area contributed by atoms with Crippen molar-refractivity contribution in [3.8, 4) is 5.75 Å². The number of nitrogens with one attached hydrogen (secondary N) is 3. The van der Waals surface area contributed by atoms with Crippen molar-refractivity contribution in [1.29, 1.82) is 0 Å². The second-order valence-corrected chi connectivity index (χ2v) is 12.2. The third-order valence-corrected chi connectivity index (χ3v) is 8.96. The molecule has 0 radical (unpaired) electrons.